The zero-order valence-corrected chi connectivity index (χ0v) is 13.5. The van der Waals surface area contributed by atoms with E-state index in [1.165, 1.54) is 25.7 Å². The van der Waals surface area contributed by atoms with Gasteiger partial charge >= 0.3 is 5.97 Å². The van der Waals surface area contributed by atoms with Gasteiger partial charge in [0.1, 0.15) is 0 Å². The summed E-state index contributed by atoms with van der Waals surface area (Å²) in [5, 5.41) is 8.89. The van der Waals surface area contributed by atoms with Gasteiger partial charge in [0.25, 0.3) is 0 Å². The van der Waals surface area contributed by atoms with E-state index in [2.05, 4.69) is 13.8 Å². The molecule has 1 atom stereocenters. The molecule has 0 saturated carbocycles. The van der Waals surface area contributed by atoms with E-state index in [9.17, 15) is 4.79 Å². The van der Waals surface area contributed by atoms with Crippen LogP contribution in [0.15, 0.2) is 0 Å². The molecule has 0 heterocycles. The highest BCUT2D eigenvalue weighted by molar-refractivity contribution is 5.72. The number of rotatable bonds is 14. The van der Waals surface area contributed by atoms with Crippen molar-refractivity contribution in [1.82, 2.24) is 0 Å². The second kappa shape index (κ2) is 14.8. The van der Waals surface area contributed by atoms with Gasteiger partial charge in [0.15, 0.2) is 0 Å². The molecule has 0 radical (unpaired) electrons. The molecule has 3 heteroatoms. The maximum atomic E-state index is 12.0. The number of aliphatic hydroxyl groups excluding tert-OH is 1. The van der Waals surface area contributed by atoms with E-state index in [1.807, 2.05) is 0 Å². The smallest absolute Gasteiger partial charge is 0.308 e. The number of carbonyl (C=O) groups excluding carboxylic acids is 1. The average molecular weight is 286 g/mol. The minimum Gasteiger partial charge on any atom is -0.465 e. The summed E-state index contributed by atoms with van der Waals surface area (Å²) in [6, 6.07) is 0. The monoisotopic (exact) mass is 286 g/mol. The summed E-state index contributed by atoms with van der Waals surface area (Å²) >= 11 is 0. The fourth-order valence-corrected chi connectivity index (χ4v) is 2.34. The maximum absolute atomic E-state index is 12.0. The van der Waals surface area contributed by atoms with Gasteiger partial charge in [0.2, 0.25) is 0 Å². The van der Waals surface area contributed by atoms with Crippen LogP contribution < -0.4 is 0 Å². The predicted molar refractivity (Wildman–Crippen MR) is 83.7 cm³/mol. The number of ether oxygens (including phenoxy) is 1. The first-order chi connectivity index (χ1) is 9.76. The van der Waals surface area contributed by atoms with Crippen LogP contribution in [0.25, 0.3) is 0 Å². The lowest BCUT2D eigenvalue weighted by Gasteiger charge is -2.15. The number of esters is 1. The van der Waals surface area contributed by atoms with E-state index in [1.54, 1.807) is 0 Å². The molecule has 0 fully saturated rings. The molecule has 0 aliphatic rings. The van der Waals surface area contributed by atoms with Crippen molar-refractivity contribution >= 4 is 5.97 Å². The molecule has 20 heavy (non-hydrogen) atoms. The van der Waals surface area contributed by atoms with Gasteiger partial charge in [0, 0.05) is 6.61 Å². The molecular weight excluding hydrogens is 252 g/mol. The summed E-state index contributed by atoms with van der Waals surface area (Å²) in [4.78, 5) is 12.0. The summed E-state index contributed by atoms with van der Waals surface area (Å²) in [6.07, 6.45) is 11.7. The fraction of sp³-hybridized carbons (Fsp3) is 0.941. The largest absolute Gasteiger partial charge is 0.465 e. The zero-order valence-electron chi connectivity index (χ0n) is 13.5. The van der Waals surface area contributed by atoms with Crippen molar-refractivity contribution in [2.75, 3.05) is 13.2 Å². The molecule has 0 amide bonds. The Morgan fingerprint density at radius 1 is 0.900 bits per heavy atom. The molecular formula is C17H34O3. The van der Waals surface area contributed by atoms with Crippen molar-refractivity contribution in [1.29, 1.82) is 0 Å². The SMILES string of the molecule is CCCCCCCCOC(=O)C(CCCC)CCCO. The third-order valence-electron chi connectivity index (χ3n) is 3.69. The molecule has 0 aliphatic carbocycles. The van der Waals surface area contributed by atoms with Crippen LogP contribution in [0.2, 0.25) is 0 Å². The van der Waals surface area contributed by atoms with Crippen molar-refractivity contribution in [2.24, 2.45) is 5.92 Å². The third kappa shape index (κ3) is 11.3. The first-order valence-electron chi connectivity index (χ1n) is 8.53. The molecule has 0 rings (SSSR count). The number of carbonyl (C=O) groups is 1. The van der Waals surface area contributed by atoms with Crippen LogP contribution in [0, 0.1) is 5.92 Å². The molecule has 0 aromatic heterocycles. The molecule has 3 nitrogen and oxygen atoms in total. The van der Waals surface area contributed by atoms with Crippen molar-refractivity contribution < 1.29 is 14.6 Å². The van der Waals surface area contributed by atoms with Crippen molar-refractivity contribution in [3.05, 3.63) is 0 Å². The summed E-state index contributed by atoms with van der Waals surface area (Å²) in [6.45, 7) is 5.06. The van der Waals surface area contributed by atoms with E-state index in [-0.39, 0.29) is 18.5 Å². The quantitative estimate of drug-likeness (QED) is 0.378. The topological polar surface area (TPSA) is 46.5 Å². The second-order valence-electron chi connectivity index (χ2n) is 5.64. The molecule has 0 aliphatic heterocycles. The van der Waals surface area contributed by atoms with E-state index in [0.29, 0.717) is 13.0 Å². The Kier molecular flexibility index (Phi) is 14.4. The number of hydrogen-bond donors (Lipinski definition) is 1. The van der Waals surface area contributed by atoms with E-state index in [0.717, 1.165) is 38.5 Å². The molecule has 0 spiro atoms. The highest BCUT2D eigenvalue weighted by Gasteiger charge is 2.18. The normalized spacial score (nSPS) is 12.3. The number of hydrogen-bond acceptors (Lipinski definition) is 3. The molecule has 0 bridgehead atoms. The Hall–Kier alpha value is -0.570. The van der Waals surface area contributed by atoms with E-state index >= 15 is 0 Å². The van der Waals surface area contributed by atoms with Crippen LogP contribution in [0.3, 0.4) is 0 Å². The Morgan fingerprint density at radius 3 is 2.15 bits per heavy atom. The van der Waals surface area contributed by atoms with Crippen LogP contribution in [0.5, 0.6) is 0 Å². The molecule has 1 N–H and O–H groups in total. The van der Waals surface area contributed by atoms with Crippen LogP contribution in [0.1, 0.15) is 84.5 Å². The minimum absolute atomic E-state index is 0.0119. The van der Waals surface area contributed by atoms with Gasteiger partial charge in [-0.3, -0.25) is 4.79 Å². The predicted octanol–water partition coefficient (Wildman–Crippen LogP) is 4.47. The molecule has 0 aromatic rings. The van der Waals surface area contributed by atoms with Gasteiger partial charge in [-0.05, 0) is 25.7 Å². The molecule has 0 aromatic carbocycles. The van der Waals surface area contributed by atoms with Gasteiger partial charge in [-0.2, -0.15) is 0 Å². The summed E-state index contributed by atoms with van der Waals surface area (Å²) in [5.41, 5.74) is 0. The minimum atomic E-state index is -0.0551. The highest BCUT2D eigenvalue weighted by Crippen LogP contribution is 2.17. The standard InChI is InChI=1S/C17H34O3/c1-3-5-7-8-9-10-15-20-17(19)16(12-6-4-2)13-11-14-18/h16,18H,3-15H2,1-2H3. The zero-order chi connectivity index (χ0) is 15.1. The van der Waals surface area contributed by atoms with Gasteiger partial charge in [-0.25, -0.2) is 0 Å². The lowest BCUT2D eigenvalue weighted by Crippen LogP contribution is -2.19. The Labute approximate surface area is 125 Å². The third-order valence-corrected chi connectivity index (χ3v) is 3.69. The first kappa shape index (κ1) is 19.4. The van der Waals surface area contributed by atoms with E-state index in [4.69, 9.17) is 9.84 Å². The van der Waals surface area contributed by atoms with Crippen LogP contribution in [0.4, 0.5) is 0 Å². The average Bonchev–Trinajstić information content (AvgIpc) is 2.46. The maximum Gasteiger partial charge on any atom is 0.308 e. The Bertz CT molecular complexity index is 208. The Morgan fingerprint density at radius 2 is 1.50 bits per heavy atom. The molecule has 1 unspecified atom stereocenters. The van der Waals surface area contributed by atoms with Crippen LogP contribution in [-0.4, -0.2) is 24.3 Å². The van der Waals surface area contributed by atoms with Crippen molar-refractivity contribution in [2.45, 2.75) is 84.5 Å². The Balaban J connectivity index is 3.71. The fourth-order valence-electron chi connectivity index (χ4n) is 2.34. The summed E-state index contributed by atoms with van der Waals surface area (Å²) < 4.78 is 5.38. The van der Waals surface area contributed by atoms with Crippen molar-refractivity contribution in [3.8, 4) is 0 Å². The first-order valence-corrected chi connectivity index (χ1v) is 8.53. The van der Waals surface area contributed by atoms with Gasteiger partial charge < -0.3 is 9.84 Å². The molecule has 0 saturated heterocycles. The number of unbranched alkanes of at least 4 members (excludes halogenated alkanes) is 6. The van der Waals surface area contributed by atoms with Gasteiger partial charge in [-0.15, -0.1) is 0 Å². The van der Waals surface area contributed by atoms with Gasteiger partial charge in [-0.1, -0.05) is 58.8 Å². The summed E-state index contributed by atoms with van der Waals surface area (Å²) in [7, 11) is 0. The highest BCUT2D eigenvalue weighted by atomic mass is 16.5. The van der Waals surface area contributed by atoms with Crippen LogP contribution >= 0.6 is 0 Å². The van der Waals surface area contributed by atoms with Gasteiger partial charge in [0.05, 0.1) is 12.5 Å². The molecule has 120 valence electrons. The van der Waals surface area contributed by atoms with Crippen molar-refractivity contribution in [3.63, 3.8) is 0 Å². The van der Waals surface area contributed by atoms with E-state index < -0.39 is 0 Å². The summed E-state index contributed by atoms with van der Waals surface area (Å²) in [5.74, 6) is -0.0670. The lowest BCUT2D eigenvalue weighted by molar-refractivity contribution is -0.149. The number of aliphatic hydroxyl groups is 1. The second-order valence-corrected chi connectivity index (χ2v) is 5.64. The van der Waals surface area contributed by atoms with Crippen LogP contribution in [-0.2, 0) is 9.53 Å². The lowest BCUT2D eigenvalue weighted by atomic mass is 9.97.